The second kappa shape index (κ2) is 7.13. The van der Waals surface area contributed by atoms with Crippen LogP contribution in [0.25, 0.3) is 0 Å². The fraction of sp³-hybridized carbons (Fsp3) is 0.333. The van der Waals surface area contributed by atoms with Crippen molar-refractivity contribution in [3.8, 4) is 0 Å². The van der Waals surface area contributed by atoms with Gasteiger partial charge in [-0.05, 0) is 39.0 Å². The van der Waals surface area contributed by atoms with E-state index in [1.54, 1.807) is 10.9 Å². The lowest BCUT2D eigenvalue weighted by atomic mass is 10.4. The Hall–Kier alpha value is -1.27. The Morgan fingerprint density at radius 1 is 1.33 bits per heavy atom. The van der Waals surface area contributed by atoms with Crippen LogP contribution in [-0.2, 0) is 4.79 Å². The maximum atomic E-state index is 12.3. The van der Waals surface area contributed by atoms with Crippen LogP contribution in [0.2, 0.25) is 0 Å². The van der Waals surface area contributed by atoms with Crippen LogP contribution in [0.4, 0.5) is 5.82 Å². The second-order valence-electron chi connectivity index (χ2n) is 4.96. The van der Waals surface area contributed by atoms with Crippen LogP contribution >= 0.6 is 27.7 Å². The number of nitrogens with zero attached hydrogens (tertiary/aromatic N) is 2. The fourth-order valence-electron chi connectivity index (χ4n) is 1.85. The minimum absolute atomic E-state index is 0.0256. The van der Waals surface area contributed by atoms with Crippen LogP contribution in [0.15, 0.2) is 45.9 Å². The van der Waals surface area contributed by atoms with E-state index in [-0.39, 0.29) is 17.2 Å². The van der Waals surface area contributed by atoms with Crippen molar-refractivity contribution in [3.63, 3.8) is 0 Å². The van der Waals surface area contributed by atoms with Crippen molar-refractivity contribution >= 4 is 39.4 Å². The van der Waals surface area contributed by atoms with Crippen molar-refractivity contribution in [2.45, 2.75) is 37.0 Å². The van der Waals surface area contributed by atoms with Crippen molar-refractivity contribution in [1.82, 2.24) is 9.78 Å². The third-order valence-corrected chi connectivity index (χ3v) is 4.48. The Morgan fingerprint density at radius 3 is 2.76 bits per heavy atom. The molecule has 6 heteroatoms. The number of aromatic nitrogens is 2. The Labute approximate surface area is 137 Å². The van der Waals surface area contributed by atoms with Gasteiger partial charge in [0.1, 0.15) is 5.82 Å². The number of carbonyl (C=O) groups is 1. The molecule has 1 heterocycles. The van der Waals surface area contributed by atoms with Gasteiger partial charge in [0.15, 0.2) is 0 Å². The zero-order valence-corrected chi connectivity index (χ0v) is 14.6. The first-order valence-corrected chi connectivity index (χ1v) is 8.41. The van der Waals surface area contributed by atoms with E-state index >= 15 is 0 Å². The Bertz CT molecular complexity index is 627. The maximum Gasteiger partial charge on any atom is 0.238 e. The molecule has 1 N–H and O–H groups in total. The number of thioether (sulfide) groups is 1. The Morgan fingerprint density at radius 2 is 2.10 bits per heavy atom. The quantitative estimate of drug-likeness (QED) is 0.799. The van der Waals surface area contributed by atoms with Gasteiger partial charge in [-0.2, -0.15) is 5.10 Å². The summed E-state index contributed by atoms with van der Waals surface area (Å²) in [6.45, 7) is 5.96. The van der Waals surface area contributed by atoms with E-state index in [9.17, 15) is 4.79 Å². The van der Waals surface area contributed by atoms with Gasteiger partial charge in [-0.1, -0.05) is 22.0 Å². The Kier molecular flexibility index (Phi) is 5.47. The molecule has 0 saturated carbocycles. The summed E-state index contributed by atoms with van der Waals surface area (Å²) < 4.78 is 2.81. The highest BCUT2D eigenvalue weighted by Gasteiger charge is 2.17. The van der Waals surface area contributed by atoms with Crippen molar-refractivity contribution in [2.75, 3.05) is 5.32 Å². The smallest absolute Gasteiger partial charge is 0.238 e. The molecule has 0 saturated heterocycles. The summed E-state index contributed by atoms with van der Waals surface area (Å²) in [5.41, 5.74) is 0. The number of halogens is 1. The maximum absolute atomic E-state index is 12.3. The van der Waals surface area contributed by atoms with E-state index in [0.717, 1.165) is 15.2 Å². The first kappa shape index (κ1) is 16.1. The lowest BCUT2D eigenvalue weighted by Crippen LogP contribution is -2.24. The highest BCUT2D eigenvalue weighted by atomic mass is 79.9. The van der Waals surface area contributed by atoms with E-state index in [2.05, 4.69) is 26.3 Å². The molecular weight excluding hydrogens is 350 g/mol. The number of nitrogens with one attached hydrogen (secondary N) is 1. The Balaban J connectivity index is 2.01. The molecule has 112 valence electrons. The summed E-state index contributed by atoms with van der Waals surface area (Å²) >= 11 is 4.97. The largest absolute Gasteiger partial charge is 0.310 e. The van der Waals surface area contributed by atoms with Gasteiger partial charge in [0.05, 0.1) is 11.4 Å². The lowest BCUT2D eigenvalue weighted by molar-refractivity contribution is -0.115. The highest BCUT2D eigenvalue weighted by Crippen LogP contribution is 2.26. The number of benzene rings is 1. The van der Waals surface area contributed by atoms with Gasteiger partial charge < -0.3 is 5.32 Å². The fourth-order valence-corrected chi connectivity index (χ4v) is 3.33. The number of amides is 1. The monoisotopic (exact) mass is 367 g/mol. The molecule has 0 aliphatic carbocycles. The zero-order chi connectivity index (χ0) is 15.4. The molecule has 21 heavy (non-hydrogen) atoms. The van der Waals surface area contributed by atoms with Crippen LogP contribution in [-0.4, -0.2) is 20.9 Å². The molecule has 1 aromatic heterocycles. The van der Waals surface area contributed by atoms with E-state index in [1.165, 1.54) is 11.8 Å². The number of hydrogen-bond acceptors (Lipinski definition) is 3. The van der Waals surface area contributed by atoms with Crippen LogP contribution in [0.3, 0.4) is 0 Å². The minimum atomic E-state index is -0.185. The molecule has 4 nitrogen and oxygen atoms in total. The first-order chi connectivity index (χ1) is 9.97. The van der Waals surface area contributed by atoms with Crippen molar-refractivity contribution in [2.24, 2.45) is 0 Å². The van der Waals surface area contributed by atoms with Crippen molar-refractivity contribution < 1.29 is 4.79 Å². The summed E-state index contributed by atoms with van der Waals surface area (Å²) in [6, 6.07) is 9.96. The molecule has 2 rings (SSSR count). The summed E-state index contributed by atoms with van der Waals surface area (Å²) in [6.07, 6.45) is 1.70. The van der Waals surface area contributed by atoms with Gasteiger partial charge in [0, 0.05) is 21.5 Å². The molecule has 2 aromatic rings. The van der Waals surface area contributed by atoms with Gasteiger partial charge in [-0.3, -0.25) is 4.79 Å². The molecule has 0 radical (unpaired) electrons. The van der Waals surface area contributed by atoms with Gasteiger partial charge in [0.25, 0.3) is 0 Å². The predicted molar refractivity (Wildman–Crippen MR) is 90.7 cm³/mol. The van der Waals surface area contributed by atoms with Crippen molar-refractivity contribution in [3.05, 3.63) is 41.0 Å². The minimum Gasteiger partial charge on any atom is -0.310 e. The van der Waals surface area contributed by atoms with E-state index in [1.807, 2.05) is 51.1 Å². The molecule has 0 aliphatic rings. The topological polar surface area (TPSA) is 46.9 Å². The van der Waals surface area contributed by atoms with Gasteiger partial charge >= 0.3 is 0 Å². The van der Waals surface area contributed by atoms with Gasteiger partial charge in [-0.25, -0.2) is 4.68 Å². The second-order valence-corrected chi connectivity index (χ2v) is 7.29. The van der Waals surface area contributed by atoms with E-state index in [4.69, 9.17) is 0 Å². The molecular formula is C15H18BrN3OS. The third-order valence-electron chi connectivity index (χ3n) is 2.89. The third kappa shape index (κ3) is 4.35. The SMILES string of the molecule is CC(Sc1cccc(Br)c1)C(=O)Nc1ccnn1C(C)C. The van der Waals surface area contributed by atoms with E-state index in [0.29, 0.717) is 0 Å². The van der Waals surface area contributed by atoms with Crippen LogP contribution in [0.1, 0.15) is 26.8 Å². The van der Waals surface area contributed by atoms with Crippen molar-refractivity contribution in [1.29, 1.82) is 0 Å². The molecule has 0 spiro atoms. The molecule has 0 fully saturated rings. The summed E-state index contributed by atoms with van der Waals surface area (Å²) in [4.78, 5) is 13.3. The molecule has 1 aromatic carbocycles. The van der Waals surface area contributed by atoms with Crippen LogP contribution < -0.4 is 5.32 Å². The van der Waals surface area contributed by atoms with Gasteiger partial charge in [-0.15, -0.1) is 11.8 Å². The van der Waals surface area contributed by atoms with Crippen LogP contribution in [0, 0.1) is 0 Å². The number of anilines is 1. The predicted octanol–water partition coefficient (Wildman–Crippen LogP) is 4.35. The average Bonchev–Trinajstić information content (AvgIpc) is 2.87. The molecule has 0 bridgehead atoms. The average molecular weight is 368 g/mol. The summed E-state index contributed by atoms with van der Waals surface area (Å²) in [5.74, 6) is 0.707. The standard InChI is InChI=1S/C15H18BrN3OS/c1-10(2)19-14(7-8-17-19)18-15(20)11(3)21-13-6-4-5-12(16)9-13/h4-11H,1-3H3,(H,18,20). The normalized spacial score (nSPS) is 12.4. The van der Waals surface area contributed by atoms with Crippen LogP contribution in [0.5, 0.6) is 0 Å². The first-order valence-electron chi connectivity index (χ1n) is 6.74. The number of hydrogen-bond donors (Lipinski definition) is 1. The number of carbonyl (C=O) groups excluding carboxylic acids is 1. The van der Waals surface area contributed by atoms with Gasteiger partial charge in [0.2, 0.25) is 5.91 Å². The molecule has 1 atom stereocenters. The summed E-state index contributed by atoms with van der Waals surface area (Å²) in [7, 11) is 0. The molecule has 1 amide bonds. The summed E-state index contributed by atoms with van der Waals surface area (Å²) in [5, 5.41) is 6.96. The number of rotatable bonds is 5. The van der Waals surface area contributed by atoms with E-state index < -0.39 is 0 Å². The zero-order valence-electron chi connectivity index (χ0n) is 12.2. The molecule has 0 aliphatic heterocycles. The molecule has 1 unspecified atom stereocenters. The lowest BCUT2D eigenvalue weighted by Gasteiger charge is -2.15. The highest BCUT2D eigenvalue weighted by molar-refractivity contribution is 9.10.